The molecule has 14 heavy (non-hydrogen) atoms. The number of carbonyl (C=O) groups excluding carboxylic acids is 1. The number of nitrogens with zero attached hydrogens (tertiary/aromatic N) is 2. The highest BCUT2D eigenvalue weighted by Gasteiger charge is 1.85. The fourth-order valence-electron chi connectivity index (χ4n) is 0.775. The van der Waals surface area contributed by atoms with Gasteiger partial charge in [-0.25, -0.2) is 0 Å². The van der Waals surface area contributed by atoms with Gasteiger partial charge in [-0.2, -0.15) is 4.99 Å². The third-order valence-corrected chi connectivity index (χ3v) is 1.39. The van der Waals surface area contributed by atoms with Crippen LogP contribution in [0, 0.1) is 0 Å². The topological polar surface area (TPSA) is 80.4 Å². The van der Waals surface area contributed by atoms with Gasteiger partial charge >= 0.3 is 0 Å². The molecule has 0 saturated heterocycles. The fourth-order valence-corrected chi connectivity index (χ4v) is 0.775. The molecule has 1 aromatic rings. The second-order valence-corrected chi connectivity index (χ2v) is 2.37. The van der Waals surface area contributed by atoms with E-state index in [9.17, 15) is 4.79 Å². The minimum absolute atomic E-state index is 0.154. The zero-order valence-corrected chi connectivity index (χ0v) is 7.42. The van der Waals surface area contributed by atoms with E-state index in [1.54, 1.807) is 30.7 Å². The summed E-state index contributed by atoms with van der Waals surface area (Å²) in [6, 6.07) is 3.61. The summed E-state index contributed by atoms with van der Waals surface area (Å²) in [5.74, 6) is 0.154. The van der Waals surface area contributed by atoms with Crippen LogP contribution in [0.15, 0.2) is 41.8 Å². The number of amidine groups is 1. The summed E-state index contributed by atoms with van der Waals surface area (Å²) >= 11 is 0. The second-order valence-electron chi connectivity index (χ2n) is 2.37. The van der Waals surface area contributed by atoms with Gasteiger partial charge in [0.15, 0.2) is 0 Å². The van der Waals surface area contributed by atoms with Crippen molar-refractivity contribution in [3.8, 4) is 0 Å². The first-order valence-corrected chi connectivity index (χ1v) is 3.93. The van der Waals surface area contributed by atoms with Crippen LogP contribution < -0.4 is 11.1 Å². The molecule has 0 saturated carbocycles. The van der Waals surface area contributed by atoms with Crippen LogP contribution in [-0.4, -0.2) is 17.2 Å². The number of pyridine rings is 1. The number of carbonyl (C=O) groups is 1. The van der Waals surface area contributed by atoms with Gasteiger partial charge in [0.2, 0.25) is 6.41 Å². The third-order valence-electron chi connectivity index (χ3n) is 1.39. The molecule has 0 spiro atoms. The molecule has 1 heterocycles. The number of hydrogen-bond acceptors (Lipinski definition) is 3. The van der Waals surface area contributed by atoms with E-state index in [4.69, 9.17) is 5.73 Å². The minimum atomic E-state index is 0.154. The van der Waals surface area contributed by atoms with Crippen molar-refractivity contribution in [3.05, 3.63) is 36.8 Å². The lowest BCUT2D eigenvalue weighted by atomic mass is 10.4. The summed E-state index contributed by atoms with van der Waals surface area (Å²) in [4.78, 5) is 17.1. The molecule has 1 aromatic heterocycles. The van der Waals surface area contributed by atoms with E-state index in [1.807, 2.05) is 0 Å². The molecule has 0 aliphatic heterocycles. The maximum atomic E-state index is 9.92. The number of aromatic nitrogens is 1. The first-order chi connectivity index (χ1) is 6.83. The molecular weight excluding hydrogens is 180 g/mol. The van der Waals surface area contributed by atoms with Gasteiger partial charge in [0.1, 0.15) is 5.84 Å². The predicted molar refractivity (Wildman–Crippen MR) is 54.7 cm³/mol. The molecule has 0 aromatic carbocycles. The number of rotatable bonds is 4. The quantitative estimate of drug-likeness (QED) is 0.412. The third kappa shape index (κ3) is 3.48. The number of anilines is 1. The van der Waals surface area contributed by atoms with Crippen molar-refractivity contribution in [2.45, 2.75) is 0 Å². The van der Waals surface area contributed by atoms with Crippen LogP contribution in [0.2, 0.25) is 0 Å². The van der Waals surface area contributed by atoms with E-state index >= 15 is 0 Å². The lowest BCUT2D eigenvalue weighted by Gasteiger charge is -1.97. The van der Waals surface area contributed by atoms with Crippen LogP contribution >= 0.6 is 0 Å². The molecule has 0 aliphatic carbocycles. The Bertz CT molecular complexity index is 345. The Morgan fingerprint density at radius 3 is 2.86 bits per heavy atom. The molecule has 72 valence electrons. The standard InChI is InChI=1S/C9H10N4O/c10-9(13-7-14)3-6-12-8-1-4-11-5-2-8/h1-7H,(H,11,12)(H2,10,13,14)/b6-3-. The Hall–Kier alpha value is -2.17. The SMILES string of the molecule is NC(/C=C\Nc1ccncc1)=NC=O. The molecule has 0 bridgehead atoms. The fraction of sp³-hybridized carbons (Fsp3) is 0. The van der Waals surface area contributed by atoms with Crippen molar-refractivity contribution in [1.82, 2.24) is 4.98 Å². The monoisotopic (exact) mass is 190 g/mol. The number of amides is 1. The number of nitrogens with two attached hydrogens (primary N) is 1. The van der Waals surface area contributed by atoms with Crippen LogP contribution in [0.1, 0.15) is 0 Å². The summed E-state index contributed by atoms with van der Waals surface area (Å²) < 4.78 is 0. The van der Waals surface area contributed by atoms with E-state index in [-0.39, 0.29) is 5.84 Å². The van der Waals surface area contributed by atoms with Gasteiger partial charge < -0.3 is 11.1 Å². The highest BCUT2D eigenvalue weighted by atomic mass is 16.1. The van der Waals surface area contributed by atoms with Crippen molar-refractivity contribution in [2.24, 2.45) is 10.7 Å². The maximum absolute atomic E-state index is 9.92. The highest BCUT2D eigenvalue weighted by molar-refractivity contribution is 5.95. The van der Waals surface area contributed by atoms with Crippen LogP contribution in [0.25, 0.3) is 0 Å². The lowest BCUT2D eigenvalue weighted by molar-refractivity contribution is -0.106. The molecule has 5 nitrogen and oxygen atoms in total. The van der Waals surface area contributed by atoms with Crippen LogP contribution in [0.4, 0.5) is 5.69 Å². The van der Waals surface area contributed by atoms with Gasteiger partial charge in [-0.3, -0.25) is 9.78 Å². The second kappa shape index (κ2) is 5.47. The van der Waals surface area contributed by atoms with Crippen molar-refractivity contribution in [2.75, 3.05) is 5.32 Å². The highest BCUT2D eigenvalue weighted by Crippen LogP contribution is 2.01. The first-order valence-electron chi connectivity index (χ1n) is 3.93. The van der Waals surface area contributed by atoms with Gasteiger partial charge in [0.25, 0.3) is 0 Å². The Morgan fingerprint density at radius 2 is 2.21 bits per heavy atom. The molecule has 3 N–H and O–H groups in total. The Kier molecular flexibility index (Phi) is 3.87. The Labute approximate surface area is 81.4 Å². The van der Waals surface area contributed by atoms with E-state index in [2.05, 4.69) is 15.3 Å². The van der Waals surface area contributed by atoms with E-state index in [0.717, 1.165) is 5.69 Å². The van der Waals surface area contributed by atoms with Gasteiger partial charge in [-0.05, 0) is 18.2 Å². The van der Waals surface area contributed by atoms with Crippen LogP contribution in [-0.2, 0) is 4.79 Å². The zero-order chi connectivity index (χ0) is 10.2. The maximum Gasteiger partial charge on any atom is 0.234 e. The summed E-state index contributed by atoms with van der Waals surface area (Å²) in [7, 11) is 0. The van der Waals surface area contributed by atoms with Crippen molar-refractivity contribution >= 4 is 17.9 Å². The van der Waals surface area contributed by atoms with Crippen LogP contribution in [0.3, 0.4) is 0 Å². The Balaban J connectivity index is 2.49. The van der Waals surface area contributed by atoms with E-state index in [1.165, 1.54) is 6.08 Å². The smallest absolute Gasteiger partial charge is 0.234 e. The largest absolute Gasteiger partial charge is 0.384 e. The minimum Gasteiger partial charge on any atom is -0.384 e. The normalized spacial score (nSPS) is 11.6. The number of aliphatic imine (C=N–C) groups is 1. The van der Waals surface area contributed by atoms with Gasteiger partial charge in [0.05, 0.1) is 0 Å². The summed E-state index contributed by atoms with van der Waals surface area (Å²) in [5, 5.41) is 2.94. The average molecular weight is 190 g/mol. The van der Waals surface area contributed by atoms with Crippen molar-refractivity contribution < 1.29 is 4.79 Å². The number of hydrogen-bond donors (Lipinski definition) is 2. The van der Waals surface area contributed by atoms with E-state index < -0.39 is 0 Å². The molecule has 1 rings (SSSR count). The van der Waals surface area contributed by atoms with Crippen LogP contribution in [0.5, 0.6) is 0 Å². The molecule has 0 aliphatic rings. The summed E-state index contributed by atoms with van der Waals surface area (Å²) in [5.41, 5.74) is 6.21. The molecule has 0 unspecified atom stereocenters. The predicted octanol–water partition coefficient (Wildman–Crippen LogP) is 0.521. The lowest BCUT2D eigenvalue weighted by Crippen LogP contribution is -2.08. The van der Waals surface area contributed by atoms with E-state index in [0.29, 0.717) is 6.41 Å². The number of nitrogens with one attached hydrogen (secondary N) is 1. The first kappa shape index (κ1) is 9.91. The van der Waals surface area contributed by atoms with Gasteiger partial charge in [-0.15, -0.1) is 0 Å². The summed E-state index contributed by atoms with van der Waals surface area (Å²) in [6.07, 6.45) is 6.82. The van der Waals surface area contributed by atoms with Crippen molar-refractivity contribution in [3.63, 3.8) is 0 Å². The molecule has 0 atom stereocenters. The van der Waals surface area contributed by atoms with Gasteiger partial charge in [-0.1, -0.05) is 0 Å². The molecule has 0 radical (unpaired) electrons. The van der Waals surface area contributed by atoms with Gasteiger partial charge in [0, 0.05) is 24.3 Å². The molecule has 1 amide bonds. The Morgan fingerprint density at radius 1 is 1.50 bits per heavy atom. The van der Waals surface area contributed by atoms with Crippen molar-refractivity contribution in [1.29, 1.82) is 0 Å². The average Bonchev–Trinajstić information content (AvgIpc) is 2.20. The molecule has 5 heteroatoms. The molecular formula is C9H10N4O. The molecule has 0 fully saturated rings. The summed E-state index contributed by atoms with van der Waals surface area (Å²) in [6.45, 7) is 0. The zero-order valence-electron chi connectivity index (χ0n) is 7.42.